The average molecular weight is 441 g/mol. The van der Waals surface area contributed by atoms with E-state index in [1.165, 1.54) is 6.07 Å². The number of pyridine rings is 1. The van der Waals surface area contributed by atoms with Crippen LogP contribution in [-0.4, -0.2) is 43.5 Å². The molecule has 0 aliphatic carbocycles. The summed E-state index contributed by atoms with van der Waals surface area (Å²) >= 11 is 0. The molecule has 3 rings (SSSR count). The topological polar surface area (TPSA) is 95.6 Å². The minimum Gasteiger partial charge on any atom is -0.369 e. The zero-order valence-electron chi connectivity index (χ0n) is 19.1. The molecule has 172 valence electrons. The summed E-state index contributed by atoms with van der Waals surface area (Å²) in [6.07, 6.45) is 3.28. The van der Waals surface area contributed by atoms with Crippen LogP contribution in [0.15, 0.2) is 47.6 Å². The second kappa shape index (κ2) is 10.4. The van der Waals surface area contributed by atoms with E-state index in [1.807, 2.05) is 18.2 Å². The predicted molar refractivity (Wildman–Crippen MR) is 126 cm³/mol. The van der Waals surface area contributed by atoms with Crippen molar-refractivity contribution in [1.29, 1.82) is 0 Å². The van der Waals surface area contributed by atoms with E-state index >= 15 is 0 Å². The lowest BCUT2D eigenvalue weighted by Gasteiger charge is -2.32. The number of piperidine rings is 1. The third-order valence-corrected chi connectivity index (χ3v) is 6.04. The van der Waals surface area contributed by atoms with E-state index in [0.717, 1.165) is 42.9 Å². The first-order valence-electron chi connectivity index (χ1n) is 11.0. The van der Waals surface area contributed by atoms with Gasteiger partial charge in [-0.3, -0.25) is 9.79 Å². The molecule has 2 heterocycles. The van der Waals surface area contributed by atoms with Crippen LogP contribution in [-0.2, 0) is 16.8 Å². The number of primary amides is 1. The Kier molecular flexibility index (Phi) is 7.66. The van der Waals surface area contributed by atoms with Gasteiger partial charge in [-0.15, -0.1) is 0 Å². The van der Waals surface area contributed by atoms with E-state index in [0.29, 0.717) is 19.0 Å². The predicted octanol–water partition coefficient (Wildman–Crippen LogP) is 2.57. The summed E-state index contributed by atoms with van der Waals surface area (Å²) in [5.41, 5.74) is 7.16. The Bertz CT molecular complexity index is 953. The number of amides is 1. The molecule has 7 nitrogen and oxygen atoms in total. The number of halogens is 1. The van der Waals surface area contributed by atoms with Crippen molar-refractivity contribution in [3.63, 3.8) is 0 Å². The van der Waals surface area contributed by atoms with E-state index in [9.17, 15) is 9.18 Å². The summed E-state index contributed by atoms with van der Waals surface area (Å²) in [7, 11) is 1.73. The summed E-state index contributed by atoms with van der Waals surface area (Å²) in [6, 6.07) is 10.6. The van der Waals surface area contributed by atoms with Crippen molar-refractivity contribution in [2.24, 2.45) is 16.6 Å². The lowest BCUT2D eigenvalue weighted by molar-refractivity contribution is -0.122. The van der Waals surface area contributed by atoms with Gasteiger partial charge in [0.2, 0.25) is 5.91 Å². The third-order valence-electron chi connectivity index (χ3n) is 6.04. The van der Waals surface area contributed by atoms with E-state index in [4.69, 9.17) is 5.73 Å². The second-order valence-electron chi connectivity index (χ2n) is 8.82. The van der Waals surface area contributed by atoms with Gasteiger partial charge in [0.25, 0.3) is 0 Å². The van der Waals surface area contributed by atoms with Crippen LogP contribution in [0.2, 0.25) is 0 Å². The number of rotatable bonds is 7. The van der Waals surface area contributed by atoms with Crippen molar-refractivity contribution in [3.8, 4) is 0 Å². The van der Waals surface area contributed by atoms with Crippen molar-refractivity contribution >= 4 is 17.7 Å². The van der Waals surface area contributed by atoms with E-state index in [-0.39, 0.29) is 23.1 Å². The summed E-state index contributed by atoms with van der Waals surface area (Å²) in [6.45, 7) is 6.79. The Balaban J connectivity index is 1.59. The molecular weight excluding hydrogens is 407 g/mol. The number of anilines is 1. The summed E-state index contributed by atoms with van der Waals surface area (Å²) in [4.78, 5) is 22.6. The molecule has 0 unspecified atom stereocenters. The SMILES string of the molecule is CN=C(NCc1cccnc1N1CCC(C(N)=O)CC1)NCC(C)(C)c1cccc(F)c1. The first kappa shape index (κ1) is 23.5. The van der Waals surface area contributed by atoms with Gasteiger partial charge < -0.3 is 21.3 Å². The number of hydrogen-bond donors (Lipinski definition) is 3. The summed E-state index contributed by atoms with van der Waals surface area (Å²) in [5.74, 6) is 1.07. The fourth-order valence-electron chi connectivity index (χ4n) is 3.94. The molecule has 0 saturated carbocycles. The van der Waals surface area contributed by atoms with Crippen molar-refractivity contribution in [2.45, 2.75) is 38.6 Å². The minimum absolute atomic E-state index is 0.0546. The van der Waals surface area contributed by atoms with Crippen LogP contribution >= 0.6 is 0 Å². The van der Waals surface area contributed by atoms with Gasteiger partial charge in [0, 0.05) is 56.3 Å². The summed E-state index contributed by atoms with van der Waals surface area (Å²) in [5, 5.41) is 6.70. The minimum atomic E-state index is -0.274. The maximum Gasteiger partial charge on any atom is 0.220 e. The molecule has 1 fully saturated rings. The number of benzene rings is 1. The van der Waals surface area contributed by atoms with Crippen molar-refractivity contribution in [3.05, 3.63) is 59.5 Å². The molecule has 1 amide bonds. The van der Waals surface area contributed by atoms with Crippen molar-refractivity contribution in [1.82, 2.24) is 15.6 Å². The number of nitrogens with zero attached hydrogens (tertiary/aromatic N) is 3. The molecule has 32 heavy (non-hydrogen) atoms. The lowest BCUT2D eigenvalue weighted by Crippen LogP contribution is -2.43. The number of hydrogen-bond acceptors (Lipinski definition) is 4. The van der Waals surface area contributed by atoms with Gasteiger partial charge in [0.15, 0.2) is 5.96 Å². The highest BCUT2D eigenvalue weighted by Crippen LogP contribution is 2.25. The molecule has 8 heteroatoms. The van der Waals surface area contributed by atoms with Crippen LogP contribution in [0.3, 0.4) is 0 Å². The van der Waals surface area contributed by atoms with Gasteiger partial charge in [-0.05, 0) is 36.6 Å². The van der Waals surface area contributed by atoms with Crippen LogP contribution < -0.4 is 21.3 Å². The highest BCUT2D eigenvalue weighted by atomic mass is 19.1. The molecule has 1 aromatic carbocycles. The number of carbonyl (C=O) groups is 1. The van der Waals surface area contributed by atoms with Gasteiger partial charge in [-0.2, -0.15) is 0 Å². The van der Waals surface area contributed by atoms with Crippen LogP contribution in [0, 0.1) is 11.7 Å². The van der Waals surface area contributed by atoms with E-state index in [2.05, 4.69) is 39.4 Å². The molecule has 1 aromatic heterocycles. The molecule has 2 aromatic rings. The van der Waals surface area contributed by atoms with Gasteiger partial charge in [-0.25, -0.2) is 9.37 Å². The number of nitrogens with two attached hydrogens (primary N) is 1. The Morgan fingerprint density at radius 1 is 1.25 bits per heavy atom. The van der Waals surface area contributed by atoms with Crippen LogP contribution in [0.5, 0.6) is 0 Å². The molecule has 0 radical (unpaired) electrons. The molecule has 4 N–H and O–H groups in total. The third kappa shape index (κ3) is 5.96. The fraction of sp³-hybridized carbons (Fsp3) is 0.458. The number of guanidine groups is 1. The normalized spacial score (nSPS) is 15.5. The quantitative estimate of drug-likeness (QED) is 0.454. The number of aromatic nitrogens is 1. The molecule has 1 aliphatic heterocycles. The smallest absolute Gasteiger partial charge is 0.220 e. The molecule has 0 bridgehead atoms. The van der Waals surface area contributed by atoms with Gasteiger partial charge in [-0.1, -0.05) is 32.0 Å². The maximum atomic E-state index is 13.6. The van der Waals surface area contributed by atoms with Gasteiger partial charge in [0.05, 0.1) is 0 Å². The standard InChI is InChI=1S/C24H33FN6O/c1-24(2,19-7-4-8-20(25)14-19)16-30-23(27-3)29-15-18-6-5-11-28-22(18)31-12-9-17(10-13-31)21(26)32/h4-8,11,14,17H,9-10,12-13,15-16H2,1-3H3,(H2,26,32)(H2,27,29,30). The van der Waals surface area contributed by atoms with Crippen molar-refractivity contribution < 1.29 is 9.18 Å². The zero-order valence-corrected chi connectivity index (χ0v) is 19.1. The van der Waals surface area contributed by atoms with Gasteiger partial charge >= 0.3 is 0 Å². The number of carbonyl (C=O) groups excluding carboxylic acids is 1. The molecule has 0 atom stereocenters. The fourth-order valence-corrected chi connectivity index (χ4v) is 3.94. The first-order chi connectivity index (χ1) is 15.3. The Labute approximate surface area is 189 Å². The first-order valence-corrected chi connectivity index (χ1v) is 11.0. The highest BCUT2D eigenvalue weighted by Gasteiger charge is 2.25. The number of nitrogens with one attached hydrogen (secondary N) is 2. The largest absolute Gasteiger partial charge is 0.369 e. The zero-order chi connectivity index (χ0) is 23.1. The van der Waals surface area contributed by atoms with Crippen LogP contribution in [0.4, 0.5) is 10.2 Å². The second-order valence-corrected chi connectivity index (χ2v) is 8.82. The maximum absolute atomic E-state index is 13.6. The average Bonchev–Trinajstić information content (AvgIpc) is 2.79. The molecule has 1 aliphatic rings. The van der Waals surface area contributed by atoms with E-state index in [1.54, 1.807) is 25.4 Å². The van der Waals surface area contributed by atoms with Gasteiger partial charge in [0.1, 0.15) is 11.6 Å². The molecular formula is C24H33FN6O. The molecule has 1 saturated heterocycles. The van der Waals surface area contributed by atoms with E-state index < -0.39 is 0 Å². The Morgan fingerprint density at radius 3 is 2.66 bits per heavy atom. The Morgan fingerprint density at radius 2 is 2.00 bits per heavy atom. The Hall–Kier alpha value is -3.16. The highest BCUT2D eigenvalue weighted by molar-refractivity contribution is 5.80. The summed E-state index contributed by atoms with van der Waals surface area (Å²) < 4.78 is 13.6. The van der Waals surface area contributed by atoms with Crippen molar-refractivity contribution in [2.75, 3.05) is 31.6 Å². The van der Waals surface area contributed by atoms with Crippen LogP contribution in [0.1, 0.15) is 37.8 Å². The molecule has 0 spiro atoms. The number of aliphatic imine (C=N–C) groups is 1. The van der Waals surface area contributed by atoms with Crippen LogP contribution in [0.25, 0.3) is 0 Å². The monoisotopic (exact) mass is 440 g/mol. The lowest BCUT2D eigenvalue weighted by atomic mass is 9.84.